The predicted molar refractivity (Wildman–Crippen MR) is 252 cm³/mol. The third-order valence-electron chi connectivity index (χ3n) is 12.9. The van der Waals surface area contributed by atoms with E-state index in [1.807, 2.05) is 24.3 Å². The highest BCUT2D eigenvalue weighted by Gasteiger charge is 2.37. The molecule has 0 heterocycles. The Balaban J connectivity index is 3.46. The number of carbonyl (C=O) groups is 2. The van der Waals surface area contributed by atoms with Gasteiger partial charge >= 0.3 is 11.9 Å². The largest absolute Gasteiger partial charge is 0.455 e. The first-order valence-electron chi connectivity index (χ1n) is 25.9. The SMILES string of the molecule is CCCCCCCCC(CCCCCCC)(CCCCCCC)OC(=O)c1ccccc1C(=O)OC(CCCCCCC)(CCCCCCC)CCCCCCCC. The maximum atomic E-state index is 14.6. The van der Waals surface area contributed by atoms with Gasteiger partial charge in [0.15, 0.2) is 0 Å². The van der Waals surface area contributed by atoms with E-state index in [-0.39, 0.29) is 11.9 Å². The fraction of sp³-hybridized carbons (Fsp3) is 0.852. The van der Waals surface area contributed by atoms with Crippen molar-refractivity contribution < 1.29 is 19.1 Å². The molecule has 0 aromatic heterocycles. The molecule has 338 valence electrons. The number of rotatable bonds is 42. The van der Waals surface area contributed by atoms with Crippen LogP contribution in [0.4, 0.5) is 0 Å². The Kier molecular flexibility index (Phi) is 34.5. The van der Waals surface area contributed by atoms with Gasteiger partial charge in [-0.2, -0.15) is 0 Å². The maximum Gasteiger partial charge on any atom is 0.339 e. The first-order chi connectivity index (χ1) is 28.4. The molecule has 0 aliphatic heterocycles. The minimum absolute atomic E-state index is 0.332. The van der Waals surface area contributed by atoms with Crippen LogP contribution in [0.2, 0.25) is 0 Å². The van der Waals surface area contributed by atoms with Crippen LogP contribution in [-0.4, -0.2) is 23.1 Å². The van der Waals surface area contributed by atoms with Crippen LogP contribution in [0.15, 0.2) is 24.3 Å². The van der Waals surface area contributed by atoms with E-state index in [2.05, 4.69) is 41.5 Å². The quantitative estimate of drug-likeness (QED) is 0.0487. The number of unbranched alkanes of at least 4 members (excludes halogenated alkanes) is 26. The molecule has 4 nitrogen and oxygen atoms in total. The van der Waals surface area contributed by atoms with E-state index in [1.165, 1.54) is 167 Å². The fourth-order valence-electron chi connectivity index (χ4n) is 9.06. The molecule has 0 radical (unpaired) electrons. The summed E-state index contributed by atoms with van der Waals surface area (Å²) < 4.78 is 13.7. The van der Waals surface area contributed by atoms with E-state index in [0.717, 1.165) is 77.0 Å². The fourth-order valence-corrected chi connectivity index (χ4v) is 9.06. The molecule has 0 fully saturated rings. The average Bonchev–Trinajstić information content (AvgIpc) is 3.23. The molecule has 0 N–H and O–H groups in total. The standard InChI is InChI=1S/C54H98O4/c1-7-13-19-25-31-39-47-53(43-35-27-21-15-9-3,44-36-28-22-16-10-4)57-51(55)49-41-33-34-42-50(49)52(56)58-54(45-37-29-23-17-11-5,46-38-30-24-18-12-6)48-40-32-26-20-14-8-2/h33-34,41-42H,7-32,35-40,43-48H2,1-6H3. The van der Waals surface area contributed by atoms with E-state index in [9.17, 15) is 9.59 Å². The summed E-state index contributed by atoms with van der Waals surface area (Å²) in [5, 5.41) is 0. The Bertz CT molecular complexity index is 981. The molecule has 0 unspecified atom stereocenters. The number of ether oxygens (including phenoxy) is 2. The van der Waals surface area contributed by atoms with Crippen molar-refractivity contribution in [3.05, 3.63) is 35.4 Å². The van der Waals surface area contributed by atoms with Crippen LogP contribution < -0.4 is 0 Å². The molecular formula is C54H98O4. The molecular weight excluding hydrogens is 713 g/mol. The third-order valence-corrected chi connectivity index (χ3v) is 12.9. The molecule has 1 rings (SSSR count). The van der Waals surface area contributed by atoms with Crippen molar-refractivity contribution in [1.29, 1.82) is 0 Å². The van der Waals surface area contributed by atoms with E-state index in [0.29, 0.717) is 11.1 Å². The molecule has 1 aromatic carbocycles. The zero-order chi connectivity index (χ0) is 42.4. The van der Waals surface area contributed by atoms with Gasteiger partial charge in [0.2, 0.25) is 0 Å². The van der Waals surface area contributed by atoms with Crippen molar-refractivity contribution in [2.45, 2.75) is 297 Å². The number of esters is 2. The number of hydrogen-bond acceptors (Lipinski definition) is 4. The zero-order valence-corrected chi connectivity index (χ0v) is 39.8. The van der Waals surface area contributed by atoms with E-state index < -0.39 is 11.2 Å². The molecule has 58 heavy (non-hydrogen) atoms. The summed E-state index contributed by atoms with van der Waals surface area (Å²) in [6, 6.07) is 7.43. The number of benzene rings is 1. The van der Waals surface area contributed by atoms with Crippen LogP contribution in [-0.2, 0) is 9.47 Å². The van der Waals surface area contributed by atoms with Crippen LogP contribution in [0.1, 0.15) is 306 Å². The zero-order valence-electron chi connectivity index (χ0n) is 39.8. The van der Waals surface area contributed by atoms with Crippen LogP contribution >= 0.6 is 0 Å². The Morgan fingerprint density at radius 1 is 0.328 bits per heavy atom. The average molecular weight is 811 g/mol. The van der Waals surface area contributed by atoms with E-state index >= 15 is 0 Å². The Labute approximate surface area is 361 Å². The minimum atomic E-state index is -0.490. The Morgan fingerprint density at radius 3 is 0.724 bits per heavy atom. The highest BCUT2D eigenvalue weighted by molar-refractivity contribution is 6.03. The highest BCUT2D eigenvalue weighted by atomic mass is 16.6. The topological polar surface area (TPSA) is 52.6 Å². The van der Waals surface area contributed by atoms with Crippen molar-refractivity contribution >= 4 is 11.9 Å². The predicted octanol–water partition coefficient (Wildman–Crippen LogP) is 18.4. The molecule has 0 amide bonds. The van der Waals surface area contributed by atoms with Gasteiger partial charge in [0.05, 0.1) is 11.1 Å². The number of hydrogen-bond donors (Lipinski definition) is 0. The normalized spacial score (nSPS) is 12.0. The van der Waals surface area contributed by atoms with E-state index in [1.54, 1.807) is 0 Å². The minimum Gasteiger partial charge on any atom is -0.455 e. The van der Waals surface area contributed by atoms with Gasteiger partial charge in [0, 0.05) is 0 Å². The van der Waals surface area contributed by atoms with Crippen molar-refractivity contribution in [2.75, 3.05) is 0 Å². The second kappa shape index (κ2) is 37.0. The van der Waals surface area contributed by atoms with Crippen LogP contribution in [0, 0.1) is 0 Å². The van der Waals surface area contributed by atoms with Crippen molar-refractivity contribution in [3.8, 4) is 0 Å². The van der Waals surface area contributed by atoms with Gasteiger partial charge in [-0.25, -0.2) is 9.59 Å². The lowest BCUT2D eigenvalue weighted by atomic mass is 9.84. The monoisotopic (exact) mass is 811 g/mol. The van der Waals surface area contributed by atoms with E-state index in [4.69, 9.17) is 9.47 Å². The summed E-state index contributed by atoms with van der Waals surface area (Å²) in [7, 11) is 0. The van der Waals surface area contributed by atoms with Crippen molar-refractivity contribution in [1.82, 2.24) is 0 Å². The lowest BCUT2D eigenvalue weighted by Gasteiger charge is -2.36. The van der Waals surface area contributed by atoms with Gasteiger partial charge in [-0.3, -0.25) is 0 Å². The molecule has 0 atom stereocenters. The maximum absolute atomic E-state index is 14.6. The summed E-state index contributed by atoms with van der Waals surface area (Å²) in [5.74, 6) is -0.664. The smallest absolute Gasteiger partial charge is 0.339 e. The molecule has 0 saturated heterocycles. The molecule has 0 bridgehead atoms. The summed E-state index contributed by atoms with van der Waals surface area (Å²) in [6.45, 7) is 13.6. The van der Waals surface area contributed by atoms with Crippen LogP contribution in [0.25, 0.3) is 0 Å². The highest BCUT2D eigenvalue weighted by Crippen LogP contribution is 2.37. The van der Waals surface area contributed by atoms with Gasteiger partial charge in [-0.1, -0.05) is 221 Å². The second-order valence-corrected chi connectivity index (χ2v) is 18.4. The third kappa shape index (κ3) is 25.7. The molecule has 1 aromatic rings. The van der Waals surface area contributed by atoms with Gasteiger partial charge in [0.25, 0.3) is 0 Å². The Hall–Kier alpha value is -1.84. The summed E-state index contributed by atoms with van der Waals surface area (Å²) >= 11 is 0. The van der Waals surface area contributed by atoms with Crippen LogP contribution in [0.5, 0.6) is 0 Å². The Morgan fingerprint density at radius 2 is 0.517 bits per heavy atom. The molecule has 0 aliphatic carbocycles. The lowest BCUT2D eigenvalue weighted by molar-refractivity contribution is -0.0400. The van der Waals surface area contributed by atoms with Crippen molar-refractivity contribution in [3.63, 3.8) is 0 Å². The summed E-state index contributed by atoms with van der Waals surface area (Å²) in [5.41, 5.74) is -0.210. The first-order valence-corrected chi connectivity index (χ1v) is 25.9. The van der Waals surface area contributed by atoms with Gasteiger partial charge in [-0.15, -0.1) is 0 Å². The lowest BCUT2D eigenvalue weighted by Crippen LogP contribution is -2.37. The van der Waals surface area contributed by atoms with Gasteiger partial charge < -0.3 is 9.47 Å². The molecule has 0 aliphatic rings. The second-order valence-electron chi connectivity index (χ2n) is 18.4. The van der Waals surface area contributed by atoms with Crippen LogP contribution in [0.3, 0.4) is 0 Å². The summed E-state index contributed by atoms with van der Waals surface area (Å²) in [6.07, 6.45) is 44.1. The van der Waals surface area contributed by atoms with Gasteiger partial charge in [-0.05, 0) is 89.2 Å². The first kappa shape index (κ1) is 54.2. The van der Waals surface area contributed by atoms with Gasteiger partial charge in [0.1, 0.15) is 11.2 Å². The summed E-state index contributed by atoms with van der Waals surface area (Å²) in [4.78, 5) is 29.2. The molecule has 0 saturated carbocycles. The number of carbonyl (C=O) groups excluding carboxylic acids is 2. The molecule has 4 heteroatoms. The van der Waals surface area contributed by atoms with Crippen molar-refractivity contribution in [2.24, 2.45) is 0 Å². The molecule has 0 spiro atoms.